The summed E-state index contributed by atoms with van der Waals surface area (Å²) in [6.45, 7) is 2.10. The lowest BCUT2D eigenvalue weighted by molar-refractivity contribution is 0.0359. The minimum absolute atomic E-state index is 0.0802. The average Bonchev–Trinajstić information content (AvgIpc) is 3.13. The van der Waals surface area contributed by atoms with Gasteiger partial charge in [0.15, 0.2) is 0 Å². The molecule has 2 unspecified atom stereocenters. The fourth-order valence-corrected chi connectivity index (χ4v) is 5.93. The minimum atomic E-state index is 0.0802. The molecule has 2 heterocycles. The molecule has 0 radical (unpaired) electrons. The lowest BCUT2D eigenvalue weighted by atomic mass is 9.98. The van der Waals surface area contributed by atoms with Crippen molar-refractivity contribution in [2.24, 2.45) is 0 Å². The predicted molar refractivity (Wildman–Crippen MR) is 135 cm³/mol. The van der Waals surface area contributed by atoms with Crippen LogP contribution in [-0.2, 0) is 5.75 Å². The van der Waals surface area contributed by atoms with E-state index in [0.717, 1.165) is 42.7 Å². The van der Waals surface area contributed by atoms with Gasteiger partial charge < -0.3 is 9.64 Å². The van der Waals surface area contributed by atoms with Crippen molar-refractivity contribution in [3.63, 3.8) is 0 Å². The van der Waals surface area contributed by atoms with E-state index >= 15 is 0 Å². The van der Waals surface area contributed by atoms with Crippen LogP contribution >= 0.6 is 11.8 Å². The van der Waals surface area contributed by atoms with Gasteiger partial charge in [0, 0.05) is 41.1 Å². The Hall–Kier alpha value is -3.23. The zero-order valence-corrected chi connectivity index (χ0v) is 20.1. The molecule has 0 spiro atoms. The number of carbonyl (C=O) groups excluding carboxylic acids is 1. The van der Waals surface area contributed by atoms with E-state index in [4.69, 9.17) is 10.00 Å². The predicted octanol–water partition coefficient (Wildman–Crippen LogP) is 6.37. The summed E-state index contributed by atoms with van der Waals surface area (Å²) in [6.07, 6.45) is 3.81. The molecule has 2 aliphatic heterocycles. The molecule has 5 heteroatoms. The van der Waals surface area contributed by atoms with Gasteiger partial charge in [-0.3, -0.25) is 4.79 Å². The third-order valence-electron chi connectivity index (χ3n) is 6.82. The molecular formula is C29H28N2O2S. The first-order valence-electron chi connectivity index (χ1n) is 11.9. The summed E-state index contributed by atoms with van der Waals surface area (Å²) in [4.78, 5) is 16.7. The van der Waals surface area contributed by atoms with Crippen LogP contribution in [0, 0.1) is 18.3 Å². The number of hydrogen-bond donors (Lipinski definition) is 0. The van der Waals surface area contributed by atoms with Gasteiger partial charge in [-0.1, -0.05) is 35.9 Å². The molecule has 3 aromatic carbocycles. The third kappa shape index (κ3) is 4.98. The zero-order chi connectivity index (χ0) is 23.5. The second-order valence-electron chi connectivity index (χ2n) is 9.25. The number of amides is 1. The van der Waals surface area contributed by atoms with E-state index in [1.165, 1.54) is 16.0 Å². The first kappa shape index (κ1) is 22.6. The summed E-state index contributed by atoms with van der Waals surface area (Å²) in [5.74, 6) is 1.76. The van der Waals surface area contributed by atoms with Crippen LogP contribution in [0.3, 0.4) is 0 Å². The number of carbonyl (C=O) groups is 1. The number of benzene rings is 3. The number of thioether (sulfide) groups is 1. The number of ether oxygens (including phenoxy) is 1. The number of piperidine rings is 1. The Morgan fingerprint density at radius 2 is 1.74 bits per heavy atom. The van der Waals surface area contributed by atoms with Gasteiger partial charge in [-0.05, 0) is 67.8 Å². The zero-order valence-electron chi connectivity index (χ0n) is 19.3. The molecule has 2 fully saturated rings. The monoisotopic (exact) mass is 468 g/mol. The molecule has 172 valence electrons. The smallest absolute Gasteiger partial charge is 0.254 e. The summed E-state index contributed by atoms with van der Waals surface area (Å²) in [5, 5.41) is 9.12. The van der Waals surface area contributed by atoms with E-state index in [1.807, 2.05) is 36.0 Å². The second-order valence-corrected chi connectivity index (χ2v) is 10.3. The topological polar surface area (TPSA) is 53.3 Å². The Morgan fingerprint density at radius 1 is 1.03 bits per heavy atom. The summed E-state index contributed by atoms with van der Waals surface area (Å²) in [5.41, 5.74) is 3.86. The van der Waals surface area contributed by atoms with Crippen molar-refractivity contribution in [1.82, 2.24) is 4.90 Å². The maximum atomic E-state index is 13.4. The molecule has 0 aliphatic carbocycles. The highest BCUT2D eigenvalue weighted by Crippen LogP contribution is 2.38. The van der Waals surface area contributed by atoms with Gasteiger partial charge in [0.1, 0.15) is 11.9 Å². The first-order valence-corrected chi connectivity index (χ1v) is 12.9. The van der Waals surface area contributed by atoms with Gasteiger partial charge in [-0.25, -0.2) is 0 Å². The summed E-state index contributed by atoms with van der Waals surface area (Å²) in [7, 11) is 0. The Bertz CT molecular complexity index is 1190. The molecule has 0 saturated carbocycles. The highest BCUT2D eigenvalue weighted by Gasteiger charge is 2.44. The van der Waals surface area contributed by atoms with Crippen LogP contribution in [0.1, 0.15) is 52.7 Å². The maximum absolute atomic E-state index is 13.4. The quantitative estimate of drug-likeness (QED) is 0.394. The third-order valence-corrected chi connectivity index (χ3v) is 7.90. The molecule has 5 rings (SSSR count). The molecule has 0 N–H and O–H groups in total. The number of aryl methyl sites for hydroxylation is 1. The molecular weight excluding hydrogens is 440 g/mol. The second kappa shape index (κ2) is 9.95. The summed E-state index contributed by atoms with van der Waals surface area (Å²) in [6, 6.07) is 26.6. The van der Waals surface area contributed by atoms with Gasteiger partial charge in [-0.15, -0.1) is 11.8 Å². The van der Waals surface area contributed by atoms with E-state index < -0.39 is 0 Å². The van der Waals surface area contributed by atoms with Gasteiger partial charge in [0.05, 0.1) is 11.6 Å². The van der Waals surface area contributed by atoms with Gasteiger partial charge >= 0.3 is 0 Å². The fraction of sp³-hybridized carbons (Fsp3) is 0.310. The first-order chi connectivity index (χ1) is 16.6. The van der Waals surface area contributed by atoms with Crippen LogP contribution in [0.4, 0.5) is 0 Å². The Balaban J connectivity index is 1.19. The van der Waals surface area contributed by atoms with Gasteiger partial charge in [-0.2, -0.15) is 5.26 Å². The Kier molecular flexibility index (Phi) is 6.60. The highest BCUT2D eigenvalue weighted by molar-refractivity contribution is 7.98. The normalized spacial score (nSPS) is 21.2. The molecule has 34 heavy (non-hydrogen) atoms. The molecule has 1 amide bonds. The lowest BCUT2D eigenvalue weighted by Gasteiger charge is -2.39. The summed E-state index contributed by atoms with van der Waals surface area (Å²) < 4.78 is 6.21. The van der Waals surface area contributed by atoms with Crippen molar-refractivity contribution < 1.29 is 9.53 Å². The number of hydrogen-bond acceptors (Lipinski definition) is 4. The molecule has 2 atom stereocenters. The van der Waals surface area contributed by atoms with Crippen LogP contribution in [0.15, 0.2) is 77.7 Å². The molecule has 4 nitrogen and oxygen atoms in total. The van der Waals surface area contributed by atoms with E-state index in [1.54, 1.807) is 12.1 Å². The van der Waals surface area contributed by atoms with Crippen molar-refractivity contribution in [2.75, 3.05) is 0 Å². The van der Waals surface area contributed by atoms with Crippen LogP contribution in [0.25, 0.3) is 0 Å². The van der Waals surface area contributed by atoms with E-state index in [2.05, 4.69) is 54.3 Å². The Labute approximate surface area is 205 Å². The molecule has 2 saturated heterocycles. The van der Waals surface area contributed by atoms with Crippen molar-refractivity contribution in [3.05, 3.63) is 95.1 Å². The van der Waals surface area contributed by atoms with Crippen molar-refractivity contribution in [2.45, 2.75) is 61.4 Å². The maximum Gasteiger partial charge on any atom is 0.254 e. The average molecular weight is 469 g/mol. The van der Waals surface area contributed by atoms with Crippen LogP contribution in [-0.4, -0.2) is 29.0 Å². The van der Waals surface area contributed by atoms with E-state index in [0.29, 0.717) is 5.56 Å². The van der Waals surface area contributed by atoms with Gasteiger partial charge in [0.2, 0.25) is 0 Å². The van der Waals surface area contributed by atoms with Gasteiger partial charge in [0.25, 0.3) is 5.91 Å². The molecule has 0 aromatic heterocycles. The standard InChI is InChI=1S/C29H28N2O2S/c1-20-5-13-28(14-6-20)34-19-21-7-9-23(10-8-21)29(32)31-24-11-12-25(31)17-27(16-24)33-26-4-2-3-22(15-26)18-30/h2-10,13-15,24-25,27H,11-12,16-17,19H2,1H3. The fourth-order valence-electron chi connectivity index (χ4n) is 5.08. The van der Waals surface area contributed by atoms with Crippen LogP contribution in [0.2, 0.25) is 0 Å². The SMILES string of the molecule is Cc1ccc(SCc2ccc(C(=O)N3C4CCC3CC(Oc3cccc(C#N)c3)C4)cc2)cc1. The Morgan fingerprint density at radius 3 is 2.41 bits per heavy atom. The van der Waals surface area contributed by atoms with Crippen molar-refractivity contribution in [1.29, 1.82) is 5.26 Å². The number of nitrogens with zero attached hydrogens (tertiary/aromatic N) is 2. The number of nitriles is 1. The lowest BCUT2D eigenvalue weighted by Crippen LogP contribution is -2.49. The molecule has 2 aliphatic rings. The van der Waals surface area contributed by atoms with E-state index in [9.17, 15) is 4.79 Å². The van der Waals surface area contributed by atoms with E-state index in [-0.39, 0.29) is 24.1 Å². The highest BCUT2D eigenvalue weighted by atomic mass is 32.2. The summed E-state index contributed by atoms with van der Waals surface area (Å²) >= 11 is 1.81. The number of fused-ring (bicyclic) bond motifs is 2. The van der Waals surface area contributed by atoms with Crippen LogP contribution < -0.4 is 4.74 Å². The molecule has 3 aromatic rings. The molecule has 2 bridgehead atoms. The van der Waals surface area contributed by atoms with Crippen molar-refractivity contribution in [3.8, 4) is 11.8 Å². The van der Waals surface area contributed by atoms with Crippen LogP contribution in [0.5, 0.6) is 5.75 Å². The minimum Gasteiger partial charge on any atom is -0.490 e. The number of rotatable bonds is 6. The van der Waals surface area contributed by atoms with Crippen molar-refractivity contribution >= 4 is 17.7 Å². The largest absolute Gasteiger partial charge is 0.490 e.